The maximum atomic E-state index is 10.1. The van der Waals surface area contributed by atoms with E-state index in [-0.39, 0.29) is 0 Å². The molecule has 0 unspecified atom stereocenters. The molecular weight excluding hydrogens is 142 g/mol. The van der Waals surface area contributed by atoms with Gasteiger partial charge in [0.15, 0.2) is 0 Å². The lowest BCUT2D eigenvalue weighted by molar-refractivity contribution is -0.131. The Balaban J connectivity index is 2.72. The third-order valence-corrected chi connectivity index (χ3v) is 1.22. The van der Waals surface area contributed by atoms with Crippen molar-refractivity contribution in [2.75, 3.05) is 0 Å². The lowest BCUT2D eigenvalue weighted by Gasteiger charge is -1.87. The third kappa shape index (κ3) is 2.67. The monoisotopic (exact) mass is 150 g/mol. The van der Waals surface area contributed by atoms with Crippen LogP contribution in [0.15, 0.2) is 36.4 Å². The minimum Gasteiger partial charge on any atom is -0.478 e. The summed E-state index contributed by atoms with van der Waals surface area (Å²) in [7, 11) is 0. The summed E-state index contributed by atoms with van der Waals surface area (Å²) in [6.45, 7) is 0. The Labute approximate surface area is 64.8 Å². The van der Waals surface area contributed by atoms with Gasteiger partial charge in [-0.15, -0.1) is 0 Å². The molecule has 0 aliphatic carbocycles. The molecule has 0 fully saturated rings. The number of hydrogen-bond donors (Lipinski definition) is 1. The Kier molecular flexibility index (Phi) is 2.44. The van der Waals surface area contributed by atoms with Crippen molar-refractivity contribution in [3.8, 4) is 0 Å². The fourth-order valence-electron chi connectivity index (χ4n) is 0.732. The van der Waals surface area contributed by atoms with Crippen molar-refractivity contribution in [2.45, 2.75) is 0 Å². The molecule has 0 bridgehead atoms. The molecule has 1 rings (SSSR count). The Hall–Kier alpha value is -1.57. The Bertz CT molecular complexity index is 262. The van der Waals surface area contributed by atoms with Gasteiger partial charge in [-0.1, -0.05) is 30.3 Å². The molecule has 0 amide bonds. The van der Waals surface area contributed by atoms with Gasteiger partial charge in [-0.05, 0) is 11.6 Å². The quantitative estimate of drug-likeness (QED) is 0.515. The van der Waals surface area contributed by atoms with E-state index in [4.69, 9.17) is 5.11 Å². The summed E-state index contributed by atoms with van der Waals surface area (Å²) in [6, 6.07) is 9.31. The molecule has 56 valence electrons. The van der Waals surface area contributed by atoms with Crippen molar-refractivity contribution >= 4 is 12.0 Å². The summed E-state index contributed by atoms with van der Waals surface area (Å²) < 4.78 is 0. The van der Waals surface area contributed by atoms with Crippen molar-refractivity contribution in [3.05, 3.63) is 42.0 Å². The van der Waals surface area contributed by atoms with Crippen LogP contribution in [0.1, 0.15) is 5.56 Å². The van der Waals surface area contributed by atoms with Gasteiger partial charge < -0.3 is 5.11 Å². The van der Waals surface area contributed by atoms with Crippen LogP contribution in [0.5, 0.6) is 0 Å². The minimum absolute atomic E-state index is 0.898. The van der Waals surface area contributed by atoms with Crippen LogP contribution in [0.4, 0.5) is 0 Å². The number of carboxylic acid groups (broad SMARTS) is 1. The molecule has 1 N–H and O–H groups in total. The van der Waals surface area contributed by atoms with E-state index in [1.165, 1.54) is 0 Å². The van der Waals surface area contributed by atoms with Gasteiger partial charge in [0.1, 0.15) is 0 Å². The van der Waals surface area contributed by atoms with E-state index in [0.717, 1.165) is 11.6 Å². The van der Waals surface area contributed by atoms with Gasteiger partial charge in [0.2, 0.25) is 0 Å². The zero-order valence-electron chi connectivity index (χ0n) is 5.90. The van der Waals surface area contributed by atoms with Crippen molar-refractivity contribution in [1.82, 2.24) is 0 Å². The predicted octanol–water partition coefficient (Wildman–Crippen LogP) is 1.78. The molecule has 1 aromatic carbocycles. The summed E-state index contributed by atoms with van der Waals surface area (Å²) >= 11 is 0. The van der Waals surface area contributed by atoms with E-state index in [9.17, 15) is 4.79 Å². The summed E-state index contributed by atoms with van der Waals surface area (Å²) in [5.41, 5.74) is 0.898. The Morgan fingerprint density at radius 3 is 2.45 bits per heavy atom. The molecule has 0 atom stereocenters. The number of aliphatic carboxylic acids is 1. The predicted molar refractivity (Wildman–Crippen MR) is 43.1 cm³/mol. The van der Waals surface area contributed by atoms with E-state index < -0.39 is 5.97 Å². The van der Waals surface area contributed by atoms with Gasteiger partial charge in [-0.2, -0.15) is 0 Å². The fourth-order valence-corrected chi connectivity index (χ4v) is 0.732. The van der Waals surface area contributed by atoms with E-state index in [2.05, 4.69) is 0 Å². The zero-order chi connectivity index (χ0) is 8.10. The number of rotatable bonds is 2. The van der Waals surface area contributed by atoms with Gasteiger partial charge in [0.25, 0.3) is 0 Å². The Morgan fingerprint density at radius 2 is 1.91 bits per heavy atom. The van der Waals surface area contributed by atoms with Crippen molar-refractivity contribution in [2.24, 2.45) is 0 Å². The first-order valence-corrected chi connectivity index (χ1v) is 3.25. The lowest BCUT2D eigenvalue weighted by atomic mass is 10.3. The highest BCUT2D eigenvalue weighted by Crippen LogP contribution is 1.99. The molecule has 2 nitrogen and oxygen atoms in total. The first-order valence-electron chi connectivity index (χ1n) is 3.25. The summed E-state index contributed by atoms with van der Waals surface area (Å²) in [6.07, 6.45) is 2.68. The maximum absolute atomic E-state index is 10.1. The molecule has 0 spiro atoms. The molecule has 0 saturated heterocycles. The van der Waals surface area contributed by atoms with Crippen LogP contribution in [0.25, 0.3) is 6.08 Å². The summed E-state index contributed by atoms with van der Waals surface area (Å²) in [5.74, 6) is -0.922. The van der Waals surface area contributed by atoms with Crippen LogP contribution >= 0.6 is 0 Å². The molecule has 0 aromatic heterocycles. The van der Waals surface area contributed by atoms with E-state index in [0.29, 0.717) is 0 Å². The average Bonchev–Trinajstić information content (AvgIpc) is 2.03. The SMILES string of the molecule is O=C(O)/[13CH]=[13CH]/c1ccccc1. The minimum atomic E-state index is -0.922. The number of carboxylic acids is 1. The van der Waals surface area contributed by atoms with Crippen LogP contribution in [0.3, 0.4) is 0 Å². The van der Waals surface area contributed by atoms with Gasteiger partial charge in [0.05, 0.1) is 0 Å². The zero-order valence-corrected chi connectivity index (χ0v) is 5.90. The van der Waals surface area contributed by atoms with Gasteiger partial charge in [0, 0.05) is 6.08 Å². The van der Waals surface area contributed by atoms with E-state index >= 15 is 0 Å². The summed E-state index contributed by atoms with van der Waals surface area (Å²) in [5, 5.41) is 8.29. The molecule has 11 heavy (non-hydrogen) atoms. The number of hydrogen-bond acceptors (Lipinski definition) is 1. The van der Waals surface area contributed by atoms with Crippen LogP contribution in [0.2, 0.25) is 0 Å². The lowest BCUT2D eigenvalue weighted by Crippen LogP contribution is -1.85. The second-order valence-electron chi connectivity index (χ2n) is 2.08. The van der Waals surface area contributed by atoms with Crippen LogP contribution < -0.4 is 0 Å². The van der Waals surface area contributed by atoms with Crippen LogP contribution in [0, 0.1) is 0 Å². The van der Waals surface area contributed by atoms with Crippen molar-refractivity contribution < 1.29 is 9.90 Å². The second-order valence-corrected chi connectivity index (χ2v) is 2.08. The van der Waals surface area contributed by atoms with E-state index in [1.54, 1.807) is 6.08 Å². The topological polar surface area (TPSA) is 37.3 Å². The van der Waals surface area contributed by atoms with Gasteiger partial charge in [-0.3, -0.25) is 0 Å². The number of carbonyl (C=O) groups is 1. The maximum Gasteiger partial charge on any atom is 0.328 e. The van der Waals surface area contributed by atoms with Crippen molar-refractivity contribution in [1.29, 1.82) is 0 Å². The molecule has 0 heterocycles. The average molecular weight is 150 g/mol. The first-order chi connectivity index (χ1) is 5.29. The third-order valence-electron chi connectivity index (χ3n) is 1.22. The molecular formula is C9H8O2. The first kappa shape index (κ1) is 7.54. The molecule has 2 heteroatoms. The van der Waals surface area contributed by atoms with E-state index in [1.807, 2.05) is 30.3 Å². The highest BCUT2D eigenvalue weighted by Gasteiger charge is 1.85. The normalized spacial score (nSPS) is 10.2. The van der Waals surface area contributed by atoms with Crippen LogP contribution in [-0.4, -0.2) is 11.1 Å². The smallest absolute Gasteiger partial charge is 0.328 e. The Morgan fingerprint density at radius 1 is 1.27 bits per heavy atom. The molecule has 0 radical (unpaired) electrons. The number of benzene rings is 1. The molecule has 0 aliphatic heterocycles. The summed E-state index contributed by atoms with van der Waals surface area (Å²) in [4.78, 5) is 10.1. The standard InChI is InChI=1S/C9H8O2/c10-9(11)7-6-8-4-2-1-3-5-8/h1-7H,(H,10,11)/b7-6+/i6+1,7+1. The highest BCUT2D eigenvalue weighted by atomic mass is 16.4. The van der Waals surface area contributed by atoms with Crippen LogP contribution in [-0.2, 0) is 4.79 Å². The fraction of sp³-hybridized carbons (Fsp3) is 0. The highest BCUT2D eigenvalue weighted by molar-refractivity contribution is 5.85. The largest absolute Gasteiger partial charge is 0.478 e. The van der Waals surface area contributed by atoms with Crippen molar-refractivity contribution in [3.63, 3.8) is 0 Å². The van der Waals surface area contributed by atoms with Gasteiger partial charge >= 0.3 is 5.97 Å². The molecule has 0 aliphatic rings. The van der Waals surface area contributed by atoms with Gasteiger partial charge in [-0.25, -0.2) is 4.79 Å². The second kappa shape index (κ2) is 3.56. The molecule has 0 saturated carbocycles. The molecule has 1 aromatic rings.